The molecule has 4 heterocycles. The fourth-order valence-corrected chi connectivity index (χ4v) is 8.46. The number of fused-ring (bicyclic) bond motifs is 1. The number of β-lactam (4-membered cyclic amide) rings is 1. The Bertz CT molecular complexity index is 1060. The third-order valence-electron chi connectivity index (χ3n) is 4.38. The van der Waals surface area contributed by atoms with E-state index in [0.29, 0.717) is 9.91 Å². The smallest absolute Gasteiger partial charge is 0.806 e. The van der Waals surface area contributed by atoms with Crippen molar-refractivity contribution in [1.82, 2.24) is 20.4 Å². The Kier molecular flexibility index (Phi) is 11.0. The van der Waals surface area contributed by atoms with E-state index in [-0.39, 0.29) is 82.9 Å². The summed E-state index contributed by atoms with van der Waals surface area (Å²) in [7, 11) is -5.19. The van der Waals surface area contributed by atoms with Crippen LogP contribution in [0.2, 0.25) is 0 Å². The van der Waals surface area contributed by atoms with Crippen LogP contribution < -0.4 is 74.2 Å². The van der Waals surface area contributed by atoms with E-state index in [1.165, 1.54) is 46.2 Å². The summed E-state index contributed by atoms with van der Waals surface area (Å²) in [5.74, 6) is -0.401. The van der Waals surface area contributed by atoms with Gasteiger partial charge in [0.1, 0.15) is 16.4 Å². The summed E-state index contributed by atoms with van der Waals surface area (Å²) in [4.78, 5) is 50.7. The van der Waals surface area contributed by atoms with Gasteiger partial charge in [0, 0.05) is 16.4 Å². The minimum atomic E-state index is -5.19. The molecule has 0 bridgehead atoms. The number of hydrogen-bond donors (Lipinski definition) is 1. The third-order valence-corrected chi connectivity index (χ3v) is 9.71. The van der Waals surface area contributed by atoms with E-state index in [9.17, 15) is 23.9 Å². The molecule has 0 spiro atoms. The maximum Gasteiger partial charge on any atom is 1.00 e. The van der Waals surface area contributed by atoms with E-state index in [1.807, 2.05) is 24.4 Å². The van der Waals surface area contributed by atoms with Crippen molar-refractivity contribution >= 4 is 65.6 Å². The maximum absolute atomic E-state index is 12.7. The first-order valence-corrected chi connectivity index (χ1v) is 14.0. The van der Waals surface area contributed by atoms with Gasteiger partial charge < -0.3 is 19.7 Å². The van der Waals surface area contributed by atoms with Gasteiger partial charge in [-0.1, -0.05) is 29.2 Å². The van der Waals surface area contributed by atoms with Gasteiger partial charge in [-0.3, -0.25) is 14.5 Å². The zero-order valence-corrected chi connectivity index (χ0v) is 25.6. The molecule has 9 nitrogen and oxygen atoms in total. The second kappa shape index (κ2) is 12.2. The largest absolute Gasteiger partial charge is 1.00 e. The third kappa shape index (κ3) is 6.51. The number of rotatable bonds is 7. The number of aryl methyl sites for hydroxylation is 1. The van der Waals surface area contributed by atoms with E-state index < -0.39 is 30.4 Å². The van der Waals surface area contributed by atoms with Crippen molar-refractivity contribution < 1.29 is 83.1 Å². The summed E-state index contributed by atoms with van der Waals surface area (Å²) >= 11 is 5.42. The Morgan fingerprint density at radius 2 is 2.12 bits per heavy atom. The first kappa shape index (κ1) is 29.0. The van der Waals surface area contributed by atoms with Crippen molar-refractivity contribution in [2.24, 2.45) is 0 Å². The van der Waals surface area contributed by atoms with Crippen molar-refractivity contribution in [2.45, 2.75) is 29.1 Å². The molecule has 2 aliphatic rings. The fraction of sp³-hybridized carbons (Fsp3) is 0.375. The predicted molar refractivity (Wildman–Crippen MR) is 113 cm³/mol. The molecule has 2 aromatic heterocycles. The zero-order chi connectivity index (χ0) is 21.5. The molecule has 2 atom stereocenters. The van der Waals surface area contributed by atoms with Crippen LogP contribution in [0, 0.1) is 6.92 Å². The summed E-state index contributed by atoms with van der Waals surface area (Å²) < 4.78 is 12.6. The van der Waals surface area contributed by atoms with Gasteiger partial charge in [0.2, 0.25) is 5.91 Å². The van der Waals surface area contributed by atoms with Crippen molar-refractivity contribution in [3.63, 3.8) is 0 Å². The number of hydrogen-bond acceptors (Lipinski definition) is 11. The first-order chi connectivity index (χ1) is 14.2. The van der Waals surface area contributed by atoms with E-state index in [2.05, 4.69) is 15.5 Å². The molecule has 2 aromatic rings. The molecular weight excluding hydrogens is 533 g/mol. The molecule has 1 N–H and O–H groups in total. The number of aromatic nitrogens is 2. The molecule has 0 aromatic carbocycles. The Labute approximate surface area is 245 Å². The number of carbonyl (C=O) groups excluding carboxylic acids is 2. The molecule has 1 saturated heterocycles. The van der Waals surface area contributed by atoms with Crippen LogP contribution in [0.25, 0.3) is 0 Å². The Hall–Kier alpha value is 0.790. The first-order valence-electron chi connectivity index (χ1n) is 8.68. The molecule has 4 rings (SSSR count). The number of carbonyl (C=O) groups is 2. The molecule has 1 fully saturated rings. The molecule has 2 amide bonds. The molecule has 32 heavy (non-hydrogen) atoms. The molecule has 160 valence electrons. The van der Waals surface area contributed by atoms with Gasteiger partial charge in [-0.25, -0.2) is 0 Å². The monoisotopic (exact) mass is 548 g/mol. The number of thiophene rings is 1. The molecule has 0 saturated carbocycles. The SMILES string of the molecule is Cc1nnc(SCC2=C(P(=O)([O-])[O-])N3C(=O)[C@@H](NC(=O)Cc4cccs4)[C@H]3SC2)s1.[Na+].[Na+]. The van der Waals surface area contributed by atoms with E-state index >= 15 is 0 Å². The second-order valence-electron chi connectivity index (χ2n) is 6.51. The van der Waals surface area contributed by atoms with E-state index in [1.54, 1.807) is 0 Å². The van der Waals surface area contributed by atoms with Crippen molar-refractivity contribution in [1.29, 1.82) is 0 Å². The van der Waals surface area contributed by atoms with E-state index in [4.69, 9.17) is 0 Å². The van der Waals surface area contributed by atoms with Crippen LogP contribution in [-0.4, -0.2) is 49.8 Å². The number of amides is 2. The summed E-state index contributed by atoms with van der Waals surface area (Å²) in [5, 5.41) is 12.6. The van der Waals surface area contributed by atoms with Crippen LogP contribution in [0.1, 0.15) is 9.88 Å². The van der Waals surface area contributed by atoms with Gasteiger partial charge in [-0.05, 0) is 31.5 Å². The van der Waals surface area contributed by atoms with Gasteiger partial charge in [0.05, 0.1) is 11.9 Å². The second-order valence-corrected chi connectivity index (χ2v) is 12.5. The predicted octanol–water partition coefficient (Wildman–Crippen LogP) is -5.22. The van der Waals surface area contributed by atoms with Gasteiger partial charge in [0.25, 0.3) is 5.91 Å². The van der Waals surface area contributed by atoms with Crippen LogP contribution >= 0.6 is 53.8 Å². The van der Waals surface area contributed by atoms with E-state index in [0.717, 1.165) is 14.8 Å². The van der Waals surface area contributed by atoms with Gasteiger partial charge >= 0.3 is 59.1 Å². The van der Waals surface area contributed by atoms with Gasteiger partial charge in [-0.2, -0.15) is 0 Å². The molecule has 0 aliphatic carbocycles. The van der Waals surface area contributed by atoms with Crippen LogP contribution in [0.3, 0.4) is 0 Å². The van der Waals surface area contributed by atoms with Crippen LogP contribution in [0.4, 0.5) is 0 Å². The van der Waals surface area contributed by atoms with Gasteiger partial charge in [-0.15, -0.1) is 33.3 Å². The van der Waals surface area contributed by atoms with Gasteiger partial charge in [0.15, 0.2) is 4.34 Å². The summed E-state index contributed by atoms with van der Waals surface area (Å²) in [6.45, 7) is 1.81. The zero-order valence-electron chi connectivity index (χ0n) is 17.5. The molecule has 0 unspecified atom stereocenters. The number of thioether (sulfide) groups is 2. The normalized spacial score (nSPS) is 20.1. The quantitative estimate of drug-likeness (QED) is 0.156. The van der Waals surface area contributed by atoms with Crippen molar-refractivity contribution in [3.8, 4) is 0 Å². The summed E-state index contributed by atoms with van der Waals surface area (Å²) in [5.41, 5.74) is -0.0899. The standard InChI is InChI=1S/C16H17N4O5PS4.2Na/c1-8-18-19-16(30-8)29-7-9-6-28-15-12(13(22)20(15)14(9)26(23,24)25)17-11(21)5-10-3-2-4-27-10;;/h2-4,12,15H,5-7H2,1H3,(H,17,21)(H2,23,24,25);;/q;2*+1/p-2/t12-,15-;;/m1../s1. The van der Waals surface area contributed by atoms with Crippen LogP contribution in [-0.2, 0) is 20.6 Å². The molecule has 0 radical (unpaired) electrons. The molecule has 2 aliphatic heterocycles. The maximum atomic E-state index is 12.7. The van der Waals surface area contributed by atoms with Crippen LogP contribution in [0.15, 0.2) is 32.9 Å². The fourth-order valence-electron chi connectivity index (χ4n) is 3.13. The Morgan fingerprint density at radius 3 is 2.72 bits per heavy atom. The Morgan fingerprint density at radius 1 is 1.38 bits per heavy atom. The number of nitrogens with one attached hydrogen (secondary N) is 1. The minimum Gasteiger partial charge on any atom is -0.806 e. The van der Waals surface area contributed by atoms with Crippen LogP contribution in [0.5, 0.6) is 0 Å². The average molecular weight is 549 g/mol. The Balaban J connectivity index is 0.00000181. The molecular formula is C16H15N4Na2O5PS4. The number of nitrogens with zero attached hydrogens (tertiary/aromatic N) is 3. The summed E-state index contributed by atoms with van der Waals surface area (Å²) in [6, 6.07) is 2.81. The van der Waals surface area contributed by atoms with Crippen molar-refractivity contribution in [2.75, 3.05) is 11.5 Å². The topological polar surface area (TPSA) is 138 Å². The molecule has 16 heteroatoms. The minimum absolute atomic E-state index is 0. The average Bonchev–Trinajstić information content (AvgIpc) is 3.34. The summed E-state index contributed by atoms with van der Waals surface area (Å²) in [6.07, 6.45) is 0.145. The van der Waals surface area contributed by atoms with Crippen molar-refractivity contribution in [3.05, 3.63) is 38.4 Å².